The summed E-state index contributed by atoms with van der Waals surface area (Å²) in [4.78, 5) is 30.4. The third-order valence-electron chi connectivity index (χ3n) is 6.28. The van der Waals surface area contributed by atoms with Crippen molar-refractivity contribution in [2.24, 2.45) is 11.8 Å². The van der Waals surface area contributed by atoms with Gasteiger partial charge >= 0.3 is 0 Å². The van der Waals surface area contributed by atoms with Crippen molar-refractivity contribution in [3.05, 3.63) is 64.5 Å². The van der Waals surface area contributed by atoms with Crippen LogP contribution in [0.4, 0.5) is 8.78 Å². The highest BCUT2D eigenvalue weighted by Crippen LogP contribution is 2.30. The van der Waals surface area contributed by atoms with Gasteiger partial charge in [0.2, 0.25) is 5.91 Å². The molecule has 1 saturated carbocycles. The van der Waals surface area contributed by atoms with Crippen LogP contribution in [0.5, 0.6) is 0 Å². The summed E-state index contributed by atoms with van der Waals surface area (Å²) in [6.07, 6.45) is 3.19. The van der Waals surface area contributed by atoms with E-state index >= 15 is 0 Å². The SMILES string of the molecule is C[C@@H]1[C@H](C)CCC[C@H]1NC(=O)CSc1nc2ccccc2c(=O)n1-c1ccc(F)cc1F. The molecule has 3 aromatic rings. The Labute approximate surface area is 189 Å². The first kappa shape index (κ1) is 22.5. The maximum Gasteiger partial charge on any atom is 0.266 e. The molecule has 168 valence electrons. The Morgan fingerprint density at radius 1 is 1.19 bits per heavy atom. The number of hydrogen-bond donors (Lipinski definition) is 1. The smallest absolute Gasteiger partial charge is 0.266 e. The van der Waals surface area contributed by atoms with Gasteiger partial charge in [0.05, 0.1) is 22.3 Å². The Bertz CT molecular complexity index is 1210. The number of carbonyl (C=O) groups excluding carboxylic acids is 1. The number of nitrogens with one attached hydrogen (secondary N) is 1. The van der Waals surface area contributed by atoms with Crippen molar-refractivity contribution < 1.29 is 13.6 Å². The van der Waals surface area contributed by atoms with E-state index in [1.807, 2.05) is 0 Å². The van der Waals surface area contributed by atoms with E-state index in [-0.39, 0.29) is 28.5 Å². The van der Waals surface area contributed by atoms with Crippen molar-refractivity contribution in [2.45, 2.75) is 44.3 Å². The number of amides is 1. The highest BCUT2D eigenvalue weighted by Gasteiger charge is 2.28. The molecule has 1 N–H and O–H groups in total. The van der Waals surface area contributed by atoms with Crippen molar-refractivity contribution in [1.29, 1.82) is 0 Å². The van der Waals surface area contributed by atoms with Gasteiger partial charge in [0, 0.05) is 12.1 Å². The van der Waals surface area contributed by atoms with Crippen LogP contribution in [-0.2, 0) is 4.79 Å². The highest BCUT2D eigenvalue weighted by molar-refractivity contribution is 7.99. The molecule has 1 aromatic heterocycles. The molecule has 1 amide bonds. The predicted molar refractivity (Wildman–Crippen MR) is 122 cm³/mol. The highest BCUT2D eigenvalue weighted by atomic mass is 32.2. The third kappa shape index (κ3) is 4.55. The second kappa shape index (κ2) is 9.40. The molecule has 0 unspecified atom stereocenters. The number of aromatic nitrogens is 2. The predicted octanol–water partition coefficient (Wildman–Crippen LogP) is 4.70. The average Bonchev–Trinajstić information content (AvgIpc) is 2.76. The summed E-state index contributed by atoms with van der Waals surface area (Å²) in [5, 5.41) is 3.60. The van der Waals surface area contributed by atoms with E-state index in [1.54, 1.807) is 24.3 Å². The largest absolute Gasteiger partial charge is 0.352 e. The van der Waals surface area contributed by atoms with Crippen LogP contribution >= 0.6 is 11.8 Å². The number of carbonyl (C=O) groups is 1. The van der Waals surface area contributed by atoms with Crippen LogP contribution in [0.2, 0.25) is 0 Å². The molecule has 3 atom stereocenters. The van der Waals surface area contributed by atoms with Gasteiger partial charge in [-0.05, 0) is 42.5 Å². The minimum Gasteiger partial charge on any atom is -0.352 e. The lowest BCUT2D eigenvalue weighted by molar-refractivity contribution is -0.120. The summed E-state index contributed by atoms with van der Waals surface area (Å²) >= 11 is 1.06. The van der Waals surface area contributed by atoms with Crippen molar-refractivity contribution in [3.8, 4) is 5.69 Å². The fraction of sp³-hybridized carbons (Fsp3) is 0.375. The number of halogens is 2. The molecule has 0 bridgehead atoms. The number of para-hydroxylation sites is 1. The first-order chi connectivity index (χ1) is 15.3. The van der Waals surface area contributed by atoms with Crippen molar-refractivity contribution in [3.63, 3.8) is 0 Å². The Kier molecular flexibility index (Phi) is 6.60. The molecule has 0 radical (unpaired) electrons. The van der Waals surface area contributed by atoms with Gasteiger partial charge in [0.25, 0.3) is 5.56 Å². The van der Waals surface area contributed by atoms with E-state index in [4.69, 9.17) is 0 Å². The summed E-state index contributed by atoms with van der Waals surface area (Å²) in [6, 6.07) is 9.89. The standard InChI is InChI=1S/C24H25F2N3O2S/c1-14-6-5-9-19(15(14)2)27-22(30)13-32-24-28-20-8-4-3-7-17(20)23(31)29(24)21-11-10-16(25)12-18(21)26/h3-4,7-8,10-12,14-15,19H,5-6,9,13H2,1-2H3,(H,27,30)/t14-,15-,19-/m1/s1. The van der Waals surface area contributed by atoms with E-state index in [1.165, 1.54) is 12.5 Å². The van der Waals surface area contributed by atoms with Gasteiger partial charge in [-0.25, -0.2) is 13.8 Å². The van der Waals surface area contributed by atoms with Crippen LogP contribution in [0.3, 0.4) is 0 Å². The second-order valence-electron chi connectivity index (χ2n) is 8.38. The van der Waals surface area contributed by atoms with E-state index < -0.39 is 17.2 Å². The molecule has 8 heteroatoms. The zero-order chi connectivity index (χ0) is 22.8. The van der Waals surface area contributed by atoms with Crippen molar-refractivity contribution in [2.75, 3.05) is 5.75 Å². The van der Waals surface area contributed by atoms with Crippen LogP contribution in [0.1, 0.15) is 33.1 Å². The summed E-state index contributed by atoms with van der Waals surface area (Å²) in [7, 11) is 0. The first-order valence-electron chi connectivity index (χ1n) is 10.7. The number of thioether (sulfide) groups is 1. The molecule has 1 aliphatic rings. The van der Waals surface area contributed by atoms with Gasteiger partial charge in [0.15, 0.2) is 5.16 Å². The molecule has 0 saturated heterocycles. The third-order valence-corrected chi connectivity index (χ3v) is 7.22. The molecule has 4 rings (SSSR count). The lowest BCUT2D eigenvalue weighted by atomic mass is 9.78. The molecule has 2 aromatic carbocycles. The van der Waals surface area contributed by atoms with Gasteiger partial charge < -0.3 is 5.32 Å². The van der Waals surface area contributed by atoms with Crippen LogP contribution in [0, 0.1) is 23.5 Å². The first-order valence-corrected chi connectivity index (χ1v) is 11.7. The van der Waals surface area contributed by atoms with Crippen LogP contribution in [0.15, 0.2) is 52.4 Å². The van der Waals surface area contributed by atoms with Gasteiger partial charge in [0.1, 0.15) is 11.6 Å². The number of fused-ring (bicyclic) bond motifs is 1. The molecule has 1 fully saturated rings. The van der Waals surface area contributed by atoms with Crippen molar-refractivity contribution in [1.82, 2.24) is 14.9 Å². The van der Waals surface area contributed by atoms with Crippen LogP contribution < -0.4 is 10.9 Å². The van der Waals surface area contributed by atoms with Gasteiger partial charge in [-0.1, -0.05) is 50.6 Å². The fourth-order valence-corrected chi connectivity index (χ4v) is 5.07. The van der Waals surface area contributed by atoms with E-state index in [9.17, 15) is 18.4 Å². The zero-order valence-electron chi connectivity index (χ0n) is 18.0. The van der Waals surface area contributed by atoms with Crippen LogP contribution in [-0.4, -0.2) is 27.3 Å². The summed E-state index contributed by atoms with van der Waals surface area (Å²) in [5.74, 6) is -0.795. The van der Waals surface area contributed by atoms with E-state index in [0.717, 1.165) is 41.3 Å². The lowest BCUT2D eigenvalue weighted by Gasteiger charge is -2.34. The van der Waals surface area contributed by atoms with Crippen LogP contribution in [0.25, 0.3) is 16.6 Å². The molecule has 0 aliphatic heterocycles. The number of rotatable bonds is 5. The number of nitrogens with zero attached hydrogens (tertiary/aromatic N) is 2. The monoisotopic (exact) mass is 457 g/mol. The Morgan fingerprint density at radius 3 is 2.75 bits per heavy atom. The molecule has 1 heterocycles. The lowest BCUT2D eigenvalue weighted by Crippen LogP contribution is -2.44. The molecule has 32 heavy (non-hydrogen) atoms. The Balaban J connectivity index is 1.64. The average molecular weight is 458 g/mol. The second-order valence-corrected chi connectivity index (χ2v) is 9.32. The zero-order valence-corrected chi connectivity index (χ0v) is 18.8. The molecule has 0 spiro atoms. The number of hydrogen-bond acceptors (Lipinski definition) is 4. The molecule has 5 nitrogen and oxygen atoms in total. The van der Waals surface area contributed by atoms with E-state index in [0.29, 0.717) is 22.7 Å². The minimum absolute atomic E-state index is 0.0329. The molecule has 1 aliphatic carbocycles. The topological polar surface area (TPSA) is 64.0 Å². The Morgan fingerprint density at radius 2 is 1.97 bits per heavy atom. The maximum absolute atomic E-state index is 14.6. The fourth-order valence-electron chi connectivity index (χ4n) is 4.25. The number of benzene rings is 2. The minimum atomic E-state index is -0.875. The maximum atomic E-state index is 14.6. The molecular formula is C24H25F2N3O2S. The summed E-state index contributed by atoms with van der Waals surface area (Å²) < 4.78 is 29.1. The summed E-state index contributed by atoms with van der Waals surface area (Å²) in [5.41, 5.74) is -0.125. The van der Waals surface area contributed by atoms with Crippen molar-refractivity contribution >= 4 is 28.6 Å². The molecular weight excluding hydrogens is 432 g/mol. The summed E-state index contributed by atoms with van der Waals surface area (Å²) in [6.45, 7) is 4.36. The van der Waals surface area contributed by atoms with Gasteiger partial charge in [-0.2, -0.15) is 0 Å². The van der Waals surface area contributed by atoms with Gasteiger partial charge in [-0.15, -0.1) is 0 Å². The normalized spacial score (nSPS) is 20.9. The quantitative estimate of drug-likeness (QED) is 0.446. The Hall–Kier alpha value is -2.74. The van der Waals surface area contributed by atoms with Gasteiger partial charge in [-0.3, -0.25) is 14.2 Å². The van der Waals surface area contributed by atoms with E-state index in [2.05, 4.69) is 24.1 Å².